The summed E-state index contributed by atoms with van der Waals surface area (Å²) in [5, 5.41) is 4.62. The van der Waals surface area contributed by atoms with Crippen molar-refractivity contribution in [2.75, 3.05) is 17.3 Å². The van der Waals surface area contributed by atoms with E-state index >= 15 is 0 Å². The van der Waals surface area contributed by atoms with Gasteiger partial charge in [0, 0.05) is 11.4 Å². The molecule has 0 amide bonds. The van der Waals surface area contributed by atoms with E-state index in [1.165, 1.54) is 30.6 Å². The van der Waals surface area contributed by atoms with E-state index in [1.54, 1.807) is 11.3 Å². The third-order valence-corrected chi connectivity index (χ3v) is 4.96. The highest BCUT2D eigenvalue weighted by molar-refractivity contribution is 7.18. The molecule has 6 heteroatoms. The molecule has 4 N–H and O–H groups in total. The molecule has 108 valence electrons. The average molecular weight is 291 g/mol. The predicted octanol–water partition coefficient (Wildman–Crippen LogP) is 3.28. The Morgan fingerprint density at radius 3 is 2.85 bits per heavy atom. The average Bonchev–Trinajstić information content (AvgIpc) is 3.09. The van der Waals surface area contributed by atoms with Gasteiger partial charge in [0.05, 0.1) is 5.39 Å². The fourth-order valence-corrected chi connectivity index (χ4v) is 3.61. The first-order valence-electron chi connectivity index (χ1n) is 7.14. The highest BCUT2D eigenvalue weighted by atomic mass is 32.1. The van der Waals surface area contributed by atoms with Crippen molar-refractivity contribution in [2.45, 2.75) is 39.5 Å². The van der Waals surface area contributed by atoms with Gasteiger partial charge in [0.1, 0.15) is 10.6 Å². The Hall–Kier alpha value is -1.40. The molecule has 0 aliphatic heterocycles. The summed E-state index contributed by atoms with van der Waals surface area (Å²) in [4.78, 5) is 11.1. The summed E-state index contributed by atoms with van der Waals surface area (Å²) in [6.45, 7) is 5.33. The van der Waals surface area contributed by atoms with E-state index in [4.69, 9.17) is 5.84 Å². The van der Waals surface area contributed by atoms with E-state index in [9.17, 15) is 0 Å². The Morgan fingerprint density at radius 1 is 1.40 bits per heavy atom. The van der Waals surface area contributed by atoms with Gasteiger partial charge in [-0.1, -0.05) is 13.3 Å². The van der Waals surface area contributed by atoms with Crippen LogP contribution in [0.5, 0.6) is 0 Å². The Balaban J connectivity index is 1.86. The number of hydrogen-bond acceptors (Lipinski definition) is 6. The minimum Gasteiger partial charge on any atom is -0.369 e. The van der Waals surface area contributed by atoms with Crippen LogP contribution in [0.4, 0.5) is 11.8 Å². The Kier molecular flexibility index (Phi) is 3.52. The lowest BCUT2D eigenvalue weighted by Crippen LogP contribution is -2.17. The third-order valence-electron chi connectivity index (χ3n) is 4.01. The monoisotopic (exact) mass is 291 g/mol. The molecule has 1 aliphatic rings. The summed E-state index contributed by atoms with van der Waals surface area (Å²) in [6, 6.07) is 2.14. The van der Waals surface area contributed by atoms with Crippen LogP contribution in [0, 0.1) is 12.3 Å². The summed E-state index contributed by atoms with van der Waals surface area (Å²) in [5.41, 5.74) is 3.04. The molecule has 5 nitrogen and oxygen atoms in total. The summed E-state index contributed by atoms with van der Waals surface area (Å²) in [7, 11) is 0. The predicted molar refractivity (Wildman–Crippen MR) is 85.0 cm³/mol. The van der Waals surface area contributed by atoms with Gasteiger partial charge in [0.25, 0.3) is 0 Å². The van der Waals surface area contributed by atoms with Gasteiger partial charge in [0.15, 0.2) is 0 Å². The van der Waals surface area contributed by atoms with Gasteiger partial charge in [-0.15, -0.1) is 11.3 Å². The minimum atomic E-state index is 0.474. The molecule has 0 bridgehead atoms. The number of hydrazine groups is 1. The van der Waals surface area contributed by atoms with Gasteiger partial charge in [0.2, 0.25) is 5.95 Å². The van der Waals surface area contributed by atoms with Gasteiger partial charge in [-0.3, -0.25) is 5.43 Å². The van der Waals surface area contributed by atoms with Crippen molar-refractivity contribution >= 4 is 33.3 Å². The molecule has 1 aliphatic carbocycles. The van der Waals surface area contributed by atoms with Gasteiger partial charge in [-0.25, -0.2) is 10.8 Å². The summed E-state index contributed by atoms with van der Waals surface area (Å²) < 4.78 is 0. The van der Waals surface area contributed by atoms with Crippen molar-refractivity contribution in [3.8, 4) is 0 Å². The number of aryl methyl sites for hydroxylation is 1. The van der Waals surface area contributed by atoms with Crippen LogP contribution >= 0.6 is 11.3 Å². The maximum Gasteiger partial charge on any atom is 0.240 e. The number of nitrogens with zero attached hydrogens (tertiary/aromatic N) is 2. The van der Waals surface area contributed by atoms with Crippen molar-refractivity contribution in [1.82, 2.24) is 9.97 Å². The van der Waals surface area contributed by atoms with E-state index in [-0.39, 0.29) is 0 Å². The molecule has 0 aromatic carbocycles. The highest BCUT2D eigenvalue weighted by Gasteiger charge is 2.41. The molecule has 2 heterocycles. The SMILES string of the molecule is CCCC1(CNc2nc(NN)nc3sc(C)cc23)CC1. The molecule has 1 fully saturated rings. The number of rotatable bonds is 6. The van der Waals surface area contributed by atoms with Crippen LogP contribution in [-0.4, -0.2) is 16.5 Å². The first kappa shape index (κ1) is 13.6. The lowest BCUT2D eigenvalue weighted by atomic mass is 10.0. The Bertz CT molecular complexity index is 617. The number of fused-ring (bicyclic) bond motifs is 1. The molecule has 0 unspecified atom stereocenters. The number of thiophene rings is 1. The first-order chi connectivity index (χ1) is 9.65. The minimum absolute atomic E-state index is 0.474. The van der Waals surface area contributed by atoms with Gasteiger partial charge in [-0.05, 0) is 37.7 Å². The van der Waals surface area contributed by atoms with Crippen molar-refractivity contribution in [3.63, 3.8) is 0 Å². The second-order valence-corrected chi connectivity index (χ2v) is 6.95. The van der Waals surface area contributed by atoms with Crippen LogP contribution < -0.4 is 16.6 Å². The number of nitrogen functional groups attached to an aromatic ring is 1. The zero-order valence-electron chi connectivity index (χ0n) is 12.0. The van der Waals surface area contributed by atoms with Crippen LogP contribution in [0.2, 0.25) is 0 Å². The maximum atomic E-state index is 5.46. The summed E-state index contributed by atoms with van der Waals surface area (Å²) in [6.07, 6.45) is 5.19. The first-order valence-corrected chi connectivity index (χ1v) is 7.96. The molecular weight excluding hydrogens is 270 g/mol. The van der Waals surface area contributed by atoms with Crippen LogP contribution in [0.15, 0.2) is 6.07 Å². The van der Waals surface area contributed by atoms with Crippen molar-refractivity contribution < 1.29 is 0 Å². The Labute approximate surface area is 123 Å². The molecule has 0 atom stereocenters. The van der Waals surface area contributed by atoms with E-state index in [2.05, 4.69) is 40.6 Å². The molecule has 2 aromatic rings. The normalized spacial score (nSPS) is 16.4. The molecule has 2 aromatic heterocycles. The largest absolute Gasteiger partial charge is 0.369 e. The van der Waals surface area contributed by atoms with Crippen molar-refractivity contribution in [3.05, 3.63) is 10.9 Å². The van der Waals surface area contributed by atoms with E-state index in [1.807, 2.05) is 0 Å². The summed E-state index contributed by atoms with van der Waals surface area (Å²) >= 11 is 1.67. The number of aromatic nitrogens is 2. The van der Waals surface area contributed by atoms with E-state index < -0.39 is 0 Å². The quantitative estimate of drug-likeness (QED) is 0.562. The van der Waals surface area contributed by atoms with E-state index in [0.717, 1.165) is 22.6 Å². The second kappa shape index (κ2) is 5.18. The third kappa shape index (κ3) is 2.58. The van der Waals surface area contributed by atoms with Crippen LogP contribution in [0.3, 0.4) is 0 Å². The number of nitrogens with two attached hydrogens (primary N) is 1. The Morgan fingerprint density at radius 2 is 2.20 bits per heavy atom. The number of nitrogens with one attached hydrogen (secondary N) is 2. The van der Waals surface area contributed by atoms with Crippen LogP contribution in [0.1, 0.15) is 37.5 Å². The number of hydrogen-bond donors (Lipinski definition) is 3. The lowest BCUT2D eigenvalue weighted by Gasteiger charge is -2.16. The maximum absolute atomic E-state index is 5.46. The van der Waals surface area contributed by atoms with E-state index in [0.29, 0.717) is 11.4 Å². The fraction of sp³-hybridized carbons (Fsp3) is 0.571. The van der Waals surface area contributed by atoms with Gasteiger partial charge < -0.3 is 5.32 Å². The number of anilines is 2. The second-order valence-electron chi connectivity index (χ2n) is 5.72. The molecule has 3 rings (SSSR count). The molecule has 0 saturated heterocycles. The smallest absolute Gasteiger partial charge is 0.240 e. The van der Waals surface area contributed by atoms with Crippen molar-refractivity contribution in [1.29, 1.82) is 0 Å². The lowest BCUT2D eigenvalue weighted by molar-refractivity contribution is 0.485. The van der Waals surface area contributed by atoms with Crippen molar-refractivity contribution in [2.24, 2.45) is 11.3 Å². The molecular formula is C14H21N5S. The zero-order chi connectivity index (χ0) is 14.2. The topological polar surface area (TPSA) is 75.9 Å². The standard InChI is InChI=1S/C14H21N5S/c1-3-4-14(5-6-14)8-16-11-10-7-9(2)20-12(10)18-13(17-11)19-15/h7H,3-6,8,15H2,1-2H3,(H2,16,17,18,19). The zero-order valence-corrected chi connectivity index (χ0v) is 12.8. The van der Waals surface area contributed by atoms with Gasteiger partial charge >= 0.3 is 0 Å². The summed E-state index contributed by atoms with van der Waals surface area (Å²) in [5.74, 6) is 6.83. The van der Waals surface area contributed by atoms with Crippen LogP contribution in [-0.2, 0) is 0 Å². The molecule has 20 heavy (non-hydrogen) atoms. The van der Waals surface area contributed by atoms with Crippen LogP contribution in [0.25, 0.3) is 10.2 Å². The molecule has 0 radical (unpaired) electrons. The fourth-order valence-electron chi connectivity index (χ4n) is 2.73. The highest BCUT2D eigenvalue weighted by Crippen LogP contribution is 2.49. The molecule has 0 spiro atoms. The van der Waals surface area contributed by atoms with Gasteiger partial charge in [-0.2, -0.15) is 4.98 Å². The molecule has 1 saturated carbocycles.